The van der Waals surface area contributed by atoms with E-state index >= 15 is 0 Å². The summed E-state index contributed by atoms with van der Waals surface area (Å²) in [7, 11) is 0. The van der Waals surface area contributed by atoms with E-state index in [1.807, 2.05) is 54.6 Å². The first-order valence-corrected chi connectivity index (χ1v) is 9.13. The predicted octanol–water partition coefficient (Wildman–Crippen LogP) is 5.51. The minimum Gasteiger partial charge on any atom is -0.477 e. The molecule has 4 nitrogen and oxygen atoms in total. The number of hydrogen-bond donors (Lipinski definition) is 1. The Labute approximate surface area is 160 Å². The highest BCUT2D eigenvalue weighted by Gasteiger charge is 2.16. The molecule has 1 N–H and O–H groups in total. The lowest BCUT2D eigenvalue weighted by Crippen LogP contribution is -1.94. The minimum atomic E-state index is -0.982. The van der Waals surface area contributed by atoms with Crippen molar-refractivity contribution in [2.75, 3.05) is 0 Å². The number of nitriles is 1. The monoisotopic (exact) mass is 370 g/mol. The number of aromatic nitrogens is 1. The Balaban J connectivity index is 1.87. The fourth-order valence-corrected chi connectivity index (χ4v) is 4.08. The third-order valence-corrected chi connectivity index (χ3v) is 5.65. The van der Waals surface area contributed by atoms with Gasteiger partial charge in [0.1, 0.15) is 9.88 Å². The Morgan fingerprint density at radius 2 is 1.85 bits per heavy atom. The van der Waals surface area contributed by atoms with Crippen molar-refractivity contribution in [2.24, 2.45) is 0 Å². The molecule has 0 atom stereocenters. The molecular weight excluding hydrogens is 356 g/mol. The first-order valence-electron chi connectivity index (χ1n) is 8.32. The number of fused-ring (bicyclic) bond motifs is 1. The van der Waals surface area contributed by atoms with E-state index in [0.717, 1.165) is 38.8 Å². The van der Waals surface area contributed by atoms with E-state index in [1.54, 1.807) is 13.0 Å². The topological polar surface area (TPSA) is 74.0 Å². The summed E-state index contributed by atoms with van der Waals surface area (Å²) in [6, 6.07) is 22.0. The quantitative estimate of drug-likeness (QED) is 0.516. The van der Waals surface area contributed by atoms with Crippen LogP contribution in [0.1, 0.15) is 20.9 Å². The summed E-state index contributed by atoms with van der Waals surface area (Å²) in [5.74, 6) is -0.982. The van der Waals surface area contributed by atoms with Gasteiger partial charge in [-0.3, -0.25) is 0 Å². The van der Waals surface area contributed by atoms with Crippen LogP contribution in [0.3, 0.4) is 0 Å². The molecule has 0 bridgehead atoms. The van der Waals surface area contributed by atoms with Gasteiger partial charge in [0.2, 0.25) is 0 Å². The molecule has 130 valence electrons. The second-order valence-electron chi connectivity index (χ2n) is 6.14. The molecule has 4 aromatic rings. The van der Waals surface area contributed by atoms with Crippen molar-refractivity contribution in [3.05, 3.63) is 76.8 Å². The molecule has 0 aliphatic rings. The molecule has 0 saturated heterocycles. The van der Waals surface area contributed by atoms with Gasteiger partial charge < -0.3 is 5.11 Å². The lowest BCUT2D eigenvalue weighted by molar-refractivity contribution is 0.0701. The summed E-state index contributed by atoms with van der Waals surface area (Å²) in [6.07, 6.45) is 0. The molecule has 27 heavy (non-hydrogen) atoms. The molecule has 0 aliphatic carbocycles. The third kappa shape index (κ3) is 2.97. The number of benzene rings is 3. The number of nitrogens with zero attached hydrogens (tertiary/aromatic N) is 2. The summed E-state index contributed by atoms with van der Waals surface area (Å²) in [6.45, 7) is 1.68. The number of hydrogen-bond acceptors (Lipinski definition) is 4. The summed E-state index contributed by atoms with van der Waals surface area (Å²) in [5.41, 5.74) is 3.62. The second-order valence-corrected chi connectivity index (χ2v) is 7.14. The van der Waals surface area contributed by atoms with Gasteiger partial charge in [0.15, 0.2) is 0 Å². The normalized spacial score (nSPS) is 10.7. The van der Waals surface area contributed by atoms with Crippen LogP contribution in [-0.4, -0.2) is 16.1 Å². The van der Waals surface area contributed by atoms with Crippen molar-refractivity contribution in [2.45, 2.75) is 6.92 Å². The number of aryl methyl sites for hydroxylation is 1. The molecule has 0 radical (unpaired) electrons. The van der Waals surface area contributed by atoms with Crippen LogP contribution in [0.4, 0.5) is 0 Å². The van der Waals surface area contributed by atoms with Crippen molar-refractivity contribution >= 4 is 28.1 Å². The first-order chi connectivity index (χ1) is 13.1. The fraction of sp³-hybridized carbons (Fsp3) is 0.0455. The van der Waals surface area contributed by atoms with Gasteiger partial charge in [-0.05, 0) is 29.3 Å². The zero-order valence-corrected chi connectivity index (χ0v) is 15.2. The maximum absolute atomic E-state index is 11.3. The molecule has 3 aromatic carbocycles. The molecule has 0 unspecified atom stereocenters. The average Bonchev–Trinajstić information content (AvgIpc) is 3.09. The summed E-state index contributed by atoms with van der Waals surface area (Å²) in [5, 5.41) is 21.8. The Morgan fingerprint density at radius 1 is 1.07 bits per heavy atom. The zero-order valence-electron chi connectivity index (χ0n) is 14.4. The van der Waals surface area contributed by atoms with E-state index in [2.05, 4.69) is 11.1 Å². The van der Waals surface area contributed by atoms with Crippen LogP contribution in [0.25, 0.3) is 32.5 Å². The van der Waals surface area contributed by atoms with Crippen LogP contribution in [0, 0.1) is 18.3 Å². The van der Waals surface area contributed by atoms with Crippen molar-refractivity contribution < 1.29 is 9.90 Å². The fourth-order valence-electron chi connectivity index (χ4n) is 3.18. The molecule has 0 saturated carbocycles. The Kier molecular flexibility index (Phi) is 4.19. The lowest BCUT2D eigenvalue weighted by atomic mass is 9.94. The molecule has 0 amide bonds. The van der Waals surface area contributed by atoms with Crippen molar-refractivity contribution in [1.29, 1.82) is 5.26 Å². The van der Waals surface area contributed by atoms with Gasteiger partial charge in [0, 0.05) is 11.1 Å². The van der Waals surface area contributed by atoms with E-state index < -0.39 is 5.97 Å². The van der Waals surface area contributed by atoms with Gasteiger partial charge >= 0.3 is 5.97 Å². The molecule has 1 heterocycles. The maximum atomic E-state index is 11.3. The first kappa shape index (κ1) is 17.0. The SMILES string of the molecule is Cc1nc(-c2ccc(-c3cccc4ccccc34)c(C#N)c2)sc1C(=O)O. The molecule has 0 fully saturated rings. The van der Waals surface area contributed by atoms with Crippen LogP contribution < -0.4 is 0 Å². The largest absolute Gasteiger partial charge is 0.477 e. The molecular formula is C22H14N2O2S. The number of carbonyl (C=O) groups is 1. The van der Waals surface area contributed by atoms with Crippen LogP contribution in [-0.2, 0) is 0 Å². The zero-order chi connectivity index (χ0) is 19.0. The Hall–Kier alpha value is -3.49. The number of aromatic carboxylic acids is 1. The van der Waals surface area contributed by atoms with Crippen LogP contribution in [0.5, 0.6) is 0 Å². The van der Waals surface area contributed by atoms with E-state index in [9.17, 15) is 15.2 Å². The van der Waals surface area contributed by atoms with Gasteiger partial charge in [0.25, 0.3) is 0 Å². The lowest BCUT2D eigenvalue weighted by Gasteiger charge is -2.09. The highest BCUT2D eigenvalue weighted by atomic mass is 32.1. The van der Waals surface area contributed by atoms with Gasteiger partial charge in [0.05, 0.1) is 17.3 Å². The maximum Gasteiger partial charge on any atom is 0.347 e. The molecule has 0 aliphatic heterocycles. The van der Waals surface area contributed by atoms with Crippen molar-refractivity contribution in [3.63, 3.8) is 0 Å². The second kappa shape index (κ2) is 6.67. The van der Waals surface area contributed by atoms with Gasteiger partial charge in [-0.15, -0.1) is 11.3 Å². The standard InChI is InChI=1S/C22H14N2O2S/c1-13-20(22(25)26)27-21(24-13)15-9-10-18(16(11-15)12-23)19-8-4-6-14-5-2-3-7-17(14)19/h2-11H,1H3,(H,25,26). The third-order valence-electron chi connectivity index (χ3n) is 4.46. The van der Waals surface area contributed by atoms with E-state index in [0.29, 0.717) is 16.3 Å². The van der Waals surface area contributed by atoms with E-state index in [1.165, 1.54) is 0 Å². The smallest absolute Gasteiger partial charge is 0.347 e. The van der Waals surface area contributed by atoms with E-state index in [-0.39, 0.29) is 4.88 Å². The van der Waals surface area contributed by atoms with Gasteiger partial charge in [-0.1, -0.05) is 54.6 Å². The van der Waals surface area contributed by atoms with E-state index in [4.69, 9.17) is 0 Å². The number of thiazole rings is 1. The highest BCUT2D eigenvalue weighted by Crippen LogP contribution is 2.35. The molecule has 0 spiro atoms. The van der Waals surface area contributed by atoms with Crippen LogP contribution in [0.2, 0.25) is 0 Å². The molecule has 1 aromatic heterocycles. The Morgan fingerprint density at radius 3 is 2.59 bits per heavy atom. The number of rotatable bonds is 3. The van der Waals surface area contributed by atoms with Crippen molar-refractivity contribution in [3.8, 4) is 27.8 Å². The summed E-state index contributed by atoms with van der Waals surface area (Å²) in [4.78, 5) is 15.9. The highest BCUT2D eigenvalue weighted by molar-refractivity contribution is 7.17. The molecule has 5 heteroatoms. The number of carboxylic acids is 1. The average molecular weight is 370 g/mol. The van der Waals surface area contributed by atoms with Gasteiger partial charge in [-0.2, -0.15) is 5.26 Å². The number of carboxylic acid groups (broad SMARTS) is 1. The Bertz CT molecular complexity index is 1230. The van der Waals surface area contributed by atoms with Crippen LogP contribution >= 0.6 is 11.3 Å². The summed E-state index contributed by atoms with van der Waals surface area (Å²) >= 11 is 1.12. The van der Waals surface area contributed by atoms with Crippen molar-refractivity contribution in [1.82, 2.24) is 4.98 Å². The van der Waals surface area contributed by atoms with Gasteiger partial charge in [-0.25, -0.2) is 9.78 Å². The van der Waals surface area contributed by atoms with Crippen LogP contribution in [0.15, 0.2) is 60.7 Å². The predicted molar refractivity (Wildman–Crippen MR) is 107 cm³/mol. The minimum absolute atomic E-state index is 0.224. The molecule has 4 rings (SSSR count). The summed E-state index contributed by atoms with van der Waals surface area (Å²) < 4.78 is 0.